The van der Waals surface area contributed by atoms with Crippen molar-refractivity contribution in [2.24, 2.45) is 0 Å². The fourth-order valence-electron chi connectivity index (χ4n) is 4.01. The van der Waals surface area contributed by atoms with Gasteiger partial charge in [0.15, 0.2) is 0 Å². The summed E-state index contributed by atoms with van der Waals surface area (Å²) in [6.07, 6.45) is 2.39. The highest BCUT2D eigenvalue weighted by Crippen LogP contribution is 2.31. The van der Waals surface area contributed by atoms with Crippen molar-refractivity contribution in [2.45, 2.75) is 32.0 Å². The van der Waals surface area contributed by atoms with Crippen molar-refractivity contribution in [2.75, 3.05) is 13.2 Å². The highest BCUT2D eigenvalue weighted by Gasteiger charge is 2.21. The second-order valence-corrected chi connectivity index (χ2v) is 9.62. The summed E-state index contributed by atoms with van der Waals surface area (Å²) in [5, 5.41) is 4.55. The lowest BCUT2D eigenvalue weighted by atomic mass is 10.1. The van der Waals surface area contributed by atoms with Crippen LogP contribution in [0.1, 0.15) is 23.5 Å². The molecule has 1 atom stereocenters. The lowest BCUT2D eigenvalue weighted by Gasteiger charge is -2.24. The summed E-state index contributed by atoms with van der Waals surface area (Å²) in [6, 6.07) is 10.4. The first-order valence-electron chi connectivity index (χ1n) is 10.3. The Balaban J connectivity index is 1.42. The molecule has 0 aliphatic carbocycles. The number of rotatable bonds is 7. The standard InChI is InChI=1S/C23H22FN3O2S2/c24-16-7-5-15(6-8-16)19-14-31-23-21(19)22(28)25-20(26-23)13-27(11-17-3-1-9-29-17)12-18-4-2-10-30-18/h2,4-8,10,14,17H,1,3,9,11-13H2,(H,25,26,28)/t17-/m0/s1. The first-order chi connectivity index (χ1) is 15.2. The van der Waals surface area contributed by atoms with Gasteiger partial charge in [0, 0.05) is 35.5 Å². The minimum absolute atomic E-state index is 0.159. The Morgan fingerprint density at radius 3 is 2.81 bits per heavy atom. The lowest BCUT2D eigenvalue weighted by Crippen LogP contribution is -2.32. The largest absolute Gasteiger partial charge is 0.377 e. The van der Waals surface area contributed by atoms with Gasteiger partial charge in [0.05, 0.1) is 18.0 Å². The number of H-pyrrole nitrogens is 1. The number of thiophene rings is 2. The van der Waals surface area contributed by atoms with E-state index in [-0.39, 0.29) is 17.5 Å². The normalized spacial score (nSPS) is 16.5. The summed E-state index contributed by atoms with van der Waals surface area (Å²) in [5.74, 6) is 0.356. The molecule has 0 amide bonds. The molecule has 0 spiro atoms. The average Bonchev–Trinajstić information content (AvgIpc) is 3.51. The highest BCUT2D eigenvalue weighted by molar-refractivity contribution is 7.17. The monoisotopic (exact) mass is 455 g/mol. The van der Waals surface area contributed by atoms with Crippen LogP contribution >= 0.6 is 22.7 Å². The second kappa shape index (κ2) is 9.00. The van der Waals surface area contributed by atoms with Gasteiger partial charge < -0.3 is 9.72 Å². The molecular weight excluding hydrogens is 433 g/mol. The average molecular weight is 456 g/mol. The third kappa shape index (κ3) is 4.62. The minimum Gasteiger partial charge on any atom is -0.377 e. The Morgan fingerprint density at radius 2 is 2.06 bits per heavy atom. The summed E-state index contributed by atoms with van der Waals surface area (Å²) in [7, 11) is 0. The summed E-state index contributed by atoms with van der Waals surface area (Å²) in [5.41, 5.74) is 1.44. The van der Waals surface area contributed by atoms with Gasteiger partial charge in [0.1, 0.15) is 16.5 Å². The SMILES string of the molecule is O=c1[nH]c(CN(Cc2cccs2)C[C@@H]2CCCO2)nc2scc(-c3ccc(F)cc3)c12. The zero-order valence-corrected chi connectivity index (χ0v) is 18.5. The van der Waals surface area contributed by atoms with Crippen molar-refractivity contribution >= 4 is 32.9 Å². The maximum absolute atomic E-state index is 13.3. The fraction of sp³-hybridized carbons (Fsp3) is 0.304. The number of ether oxygens (including phenoxy) is 1. The Morgan fingerprint density at radius 1 is 1.19 bits per heavy atom. The zero-order chi connectivity index (χ0) is 21.2. The molecule has 3 aromatic heterocycles. The van der Waals surface area contributed by atoms with E-state index in [1.807, 2.05) is 5.38 Å². The molecule has 4 aromatic rings. The molecule has 0 unspecified atom stereocenters. The van der Waals surface area contributed by atoms with Crippen LogP contribution in [0, 0.1) is 5.82 Å². The predicted octanol–water partition coefficient (Wildman–Crippen LogP) is 5.03. The van der Waals surface area contributed by atoms with Crippen molar-refractivity contribution in [1.29, 1.82) is 0 Å². The summed E-state index contributed by atoms with van der Waals surface area (Å²) >= 11 is 3.17. The Bertz CT molecular complexity index is 1210. The number of aromatic nitrogens is 2. The third-order valence-electron chi connectivity index (χ3n) is 5.47. The number of halogens is 1. The minimum atomic E-state index is -0.297. The molecular formula is C23H22FN3O2S2. The first kappa shape index (κ1) is 20.5. The topological polar surface area (TPSA) is 58.2 Å². The quantitative estimate of drug-likeness (QED) is 0.425. The van der Waals surface area contributed by atoms with Crippen LogP contribution in [0.4, 0.5) is 4.39 Å². The molecule has 1 aromatic carbocycles. The molecule has 8 heteroatoms. The van der Waals surface area contributed by atoms with Crippen LogP contribution in [0.5, 0.6) is 0 Å². The van der Waals surface area contributed by atoms with Crippen LogP contribution < -0.4 is 5.56 Å². The fourth-order valence-corrected chi connectivity index (χ4v) is 5.72. The highest BCUT2D eigenvalue weighted by atomic mass is 32.1. The van der Waals surface area contributed by atoms with E-state index in [1.165, 1.54) is 28.3 Å². The number of hydrogen-bond donors (Lipinski definition) is 1. The van der Waals surface area contributed by atoms with Crippen molar-refractivity contribution in [3.8, 4) is 11.1 Å². The maximum atomic E-state index is 13.3. The molecule has 0 bridgehead atoms. The molecule has 31 heavy (non-hydrogen) atoms. The molecule has 160 valence electrons. The van der Waals surface area contributed by atoms with Gasteiger partial charge in [0.25, 0.3) is 5.56 Å². The number of nitrogens with zero attached hydrogens (tertiary/aromatic N) is 2. The van der Waals surface area contributed by atoms with Crippen LogP contribution in [-0.2, 0) is 17.8 Å². The van der Waals surface area contributed by atoms with E-state index in [2.05, 4.69) is 27.4 Å². The van der Waals surface area contributed by atoms with Crippen LogP contribution in [0.3, 0.4) is 0 Å². The molecule has 0 radical (unpaired) electrons. The van der Waals surface area contributed by atoms with Gasteiger partial charge in [-0.15, -0.1) is 22.7 Å². The van der Waals surface area contributed by atoms with Crippen molar-refractivity contribution in [3.63, 3.8) is 0 Å². The van der Waals surface area contributed by atoms with E-state index in [0.717, 1.165) is 43.7 Å². The van der Waals surface area contributed by atoms with Crippen LogP contribution in [0.15, 0.2) is 52.0 Å². The molecule has 1 aliphatic rings. The van der Waals surface area contributed by atoms with Crippen LogP contribution in [0.2, 0.25) is 0 Å². The number of aromatic amines is 1. The number of nitrogens with one attached hydrogen (secondary N) is 1. The van der Waals surface area contributed by atoms with Gasteiger partial charge in [-0.05, 0) is 42.0 Å². The van der Waals surface area contributed by atoms with Crippen molar-refractivity contribution < 1.29 is 9.13 Å². The number of hydrogen-bond acceptors (Lipinski definition) is 6. The Labute approximate surface area is 187 Å². The van der Waals surface area contributed by atoms with Gasteiger partial charge in [-0.2, -0.15) is 0 Å². The summed E-state index contributed by atoms with van der Waals surface area (Å²) < 4.78 is 19.1. The molecule has 1 saturated heterocycles. The van der Waals surface area contributed by atoms with E-state index in [0.29, 0.717) is 22.6 Å². The van der Waals surface area contributed by atoms with E-state index >= 15 is 0 Å². The molecule has 5 nitrogen and oxygen atoms in total. The maximum Gasteiger partial charge on any atom is 0.260 e. The van der Waals surface area contributed by atoms with Crippen molar-refractivity contribution in [1.82, 2.24) is 14.9 Å². The number of benzene rings is 1. The molecule has 4 heterocycles. The van der Waals surface area contributed by atoms with Gasteiger partial charge >= 0.3 is 0 Å². The molecule has 0 saturated carbocycles. The van der Waals surface area contributed by atoms with E-state index in [1.54, 1.807) is 23.5 Å². The summed E-state index contributed by atoms with van der Waals surface area (Å²) in [6.45, 7) is 2.97. The van der Waals surface area contributed by atoms with Gasteiger partial charge in [-0.1, -0.05) is 18.2 Å². The van der Waals surface area contributed by atoms with E-state index in [4.69, 9.17) is 9.72 Å². The summed E-state index contributed by atoms with van der Waals surface area (Å²) in [4.78, 5) is 25.0. The van der Waals surface area contributed by atoms with Crippen molar-refractivity contribution in [3.05, 3.63) is 74.0 Å². The van der Waals surface area contributed by atoms with E-state index in [9.17, 15) is 9.18 Å². The second-order valence-electron chi connectivity index (χ2n) is 7.73. The molecule has 1 aliphatic heterocycles. The van der Waals surface area contributed by atoms with Gasteiger partial charge in [-0.3, -0.25) is 9.69 Å². The van der Waals surface area contributed by atoms with Gasteiger partial charge in [0.2, 0.25) is 0 Å². The first-order valence-corrected chi connectivity index (χ1v) is 12.0. The smallest absolute Gasteiger partial charge is 0.260 e. The predicted molar refractivity (Wildman–Crippen MR) is 123 cm³/mol. The number of fused-ring (bicyclic) bond motifs is 1. The lowest BCUT2D eigenvalue weighted by molar-refractivity contribution is 0.0674. The Kier molecular flexibility index (Phi) is 5.95. The molecule has 5 rings (SSSR count). The van der Waals surface area contributed by atoms with E-state index < -0.39 is 0 Å². The van der Waals surface area contributed by atoms with Gasteiger partial charge in [-0.25, -0.2) is 9.37 Å². The Hall–Kier alpha value is -2.39. The molecule has 1 N–H and O–H groups in total. The third-order valence-corrected chi connectivity index (χ3v) is 7.20. The zero-order valence-electron chi connectivity index (χ0n) is 16.8. The van der Waals surface area contributed by atoms with Crippen LogP contribution in [0.25, 0.3) is 21.3 Å². The van der Waals surface area contributed by atoms with Crippen LogP contribution in [-0.4, -0.2) is 34.1 Å². The molecule has 1 fully saturated rings.